The predicted molar refractivity (Wildman–Crippen MR) is 94.5 cm³/mol. The molecule has 0 aliphatic heterocycles. The van der Waals surface area contributed by atoms with E-state index in [1.165, 1.54) is 24.3 Å². The third-order valence-corrected chi connectivity index (χ3v) is 6.37. The molecule has 0 heterocycles. The maximum atomic E-state index is 12.5. The van der Waals surface area contributed by atoms with E-state index in [4.69, 9.17) is 0 Å². The normalized spacial score (nSPS) is 12.3. The SMILES string of the molecule is Cc1ccc(S(=O)(=O)NCCNc2ccc(S(=O)(=O)C(F)F)cc2)cc1. The van der Waals surface area contributed by atoms with Crippen molar-refractivity contribution in [2.45, 2.75) is 22.5 Å². The summed E-state index contributed by atoms with van der Waals surface area (Å²) in [6.07, 6.45) is 0. The molecule has 2 N–H and O–H groups in total. The van der Waals surface area contributed by atoms with Crippen LogP contribution in [0.5, 0.6) is 0 Å². The maximum Gasteiger partial charge on any atom is 0.341 e. The van der Waals surface area contributed by atoms with Crippen LogP contribution in [0.15, 0.2) is 58.3 Å². The van der Waals surface area contributed by atoms with Crippen molar-refractivity contribution in [3.05, 3.63) is 54.1 Å². The van der Waals surface area contributed by atoms with E-state index in [0.717, 1.165) is 17.7 Å². The molecule has 0 aliphatic rings. The van der Waals surface area contributed by atoms with Crippen molar-refractivity contribution in [1.29, 1.82) is 0 Å². The van der Waals surface area contributed by atoms with Crippen LogP contribution >= 0.6 is 0 Å². The molecule has 10 heteroatoms. The first-order chi connectivity index (χ1) is 12.1. The van der Waals surface area contributed by atoms with Crippen molar-refractivity contribution < 1.29 is 25.6 Å². The van der Waals surface area contributed by atoms with Crippen LogP contribution in [0.2, 0.25) is 0 Å². The number of aryl methyl sites for hydroxylation is 1. The lowest BCUT2D eigenvalue weighted by atomic mass is 10.2. The van der Waals surface area contributed by atoms with E-state index in [0.29, 0.717) is 5.69 Å². The fourth-order valence-corrected chi connectivity index (χ4v) is 3.81. The minimum atomic E-state index is -4.62. The molecule has 0 radical (unpaired) electrons. The number of alkyl halides is 2. The molecule has 0 fully saturated rings. The van der Waals surface area contributed by atoms with Crippen molar-refractivity contribution in [3.63, 3.8) is 0 Å². The molecule has 0 aliphatic carbocycles. The third-order valence-electron chi connectivity index (χ3n) is 3.49. The zero-order chi connectivity index (χ0) is 19.4. The second-order valence-electron chi connectivity index (χ2n) is 5.47. The van der Waals surface area contributed by atoms with Crippen LogP contribution in [-0.4, -0.2) is 35.7 Å². The summed E-state index contributed by atoms with van der Waals surface area (Å²) in [5, 5.41) is 2.88. The topological polar surface area (TPSA) is 92.3 Å². The van der Waals surface area contributed by atoms with Gasteiger partial charge in [0.25, 0.3) is 0 Å². The Labute approximate surface area is 151 Å². The molecule has 2 aromatic carbocycles. The Morgan fingerprint density at radius 3 is 1.92 bits per heavy atom. The largest absolute Gasteiger partial charge is 0.384 e. The number of sulfone groups is 1. The molecule has 0 amide bonds. The van der Waals surface area contributed by atoms with Gasteiger partial charge in [0.15, 0.2) is 0 Å². The van der Waals surface area contributed by atoms with E-state index in [-0.39, 0.29) is 18.0 Å². The standard InChI is InChI=1S/C16H18F2N2O4S2/c1-12-2-6-15(7-3-12)26(23,24)20-11-10-19-13-4-8-14(9-5-13)25(21,22)16(17)18/h2-9,16,19-20H,10-11H2,1H3. The van der Waals surface area contributed by atoms with Gasteiger partial charge in [-0.1, -0.05) is 17.7 Å². The second-order valence-corrected chi connectivity index (χ2v) is 9.15. The zero-order valence-corrected chi connectivity index (χ0v) is 15.4. The summed E-state index contributed by atoms with van der Waals surface area (Å²) in [4.78, 5) is -0.317. The molecule has 0 unspecified atom stereocenters. The minimum absolute atomic E-state index is 0.0906. The third kappa shape index (κ3) is 4.99. The van der Waals surface area contributed by atoms with Gasteiger partial charge in [0.2, 0.25) is 19.9 Å². The smallest absolute Gasteiger partial charge is 0.341 e. The molecule has 26 heavy (non-hydrogen) atoms. The monoisotopic (exact) mass is 404 g/mol. The average Bonchev–Trinajstić information content (AvgIpc) is 2.59. The molecule has 142 valence electrons. The average molecular weight is 404 g/mol. The Kier molecular flexibility index (Phi) is 6.32. The van der Waals surface area contributed by atoms with Crippen LogP contribution in [0.3, 0.4) is 0 Å². The van der Waals surface area contributed by atoms with Crippen LogP contribution in [0.4, 0.5) is 14.5 Å². The highest BCUT2D eigenvalue weighted by molar-refractivity contribution is 7.91. The molecule has 0 spiro atoms. The fourth-order valence-electron chi connectivity index (χ4n) is 2.06. The highest BCUT2D eigenvalue weighted by Crippen LogP contribution is 2.20. The summed E-state index contributed by atoms with van der Waals surface area (Å²) >= 11 is 0. The summed E-state index contributed by atoms with van der Waals surface area (Å²) in [6, 6.07) is 11.2. The second kappa shape index (κ2) is 8.11. The van der Waals surface area contributed by atoms with Crippen molar-refractivity contribution in [2.75, 3.05) is 18.4 Å². The molecular weight excluding hydrogens is 386 g/mol. The van der Waals surface area contributed by atoms with E-state index < -0.39 is 30.5 Å². The van der Waals surface area contributed by atoms with E-state index in [2.05, 4.69) is 10.0 Å². The van der Waals surface area contributed by atoms with Crippen molar-refractivity contribution >= 4 is 25.5 Å². The molecule has 0 saturated carbocycles. The van der Waals surface area contributed by atoms with Crippen LogP contribution in [0, 0.1) is 6.92 Å². The zero-order valence-electron chi connectivity index (χ0n) is 13.8. The maximum absolute atomic E-state index is 12.5. The number of sulfonamides is 1. The highest BCUT2D eigenvalue weighted by Gasteiger charge is 2.26. The van der Waals surface area contributed by atoms with Crippen molar-refractivity contribution in [2.24, 2.45) is 0 Å². The summed E-state index contributed by atoms with van der Waals surface area (Å²) in [5.41, 5.74) is 1.43. The number of rotatable bonds is 8. The number of halogens is 2. The van der Waals surface area contributed by atoms with Gasteiger partial charge in [-0.15, -0.1) is 0 Å². The summed E-state index contributed by atoms with van der Waals surface area (Å²) in [5.74, 6) is -3.47. The fraction of sp³-hybridized carbons (Fsp3) is 0.250. The van der Waals surface area contributed by atoms with E-state index >= 15 is 0 Å². The lowest BCUT2D eigenvalue weighted by molar-refractivity contribution is 0.234. The molecular formula is C16H18F2N2O4S2. The minimum Gasteiger partial charge on any atom is -0.384 e. The van der Waals surface area contributed by atoms with E-state index in [1.54, 1.807) is 12.1 Å². The van der Waals surface area contributed by atoms with Crippen LogP contribution in [-0.2, 0) is 19.9 Å². The first-order valence-corrected chi connectivity index (χ1v) is 10.6. The lowest BCUT2D eigenvalue weighted by Gasteiger charge is -2.10. The molecule has 2 rings (SSSR count). The van der Waals surface area contributed by atoms with Crippen molar-refractivity contribution in [1.82, 2.24) is 4.72 Å². The predicted octanol–water partition coefficient (Wildman–Crippen LogP) is 2.38. The first-order valence-electron chi connectivity index (χ1n) is 7.55. The Morgan fingerprint density at radius 2 is 1.38 bits per heavy atom. The summed E-state index contributed by atoms with van der Waals surface area (Å²) in [6.45, 7) is 2.17. The number of hydrogen-bond donors (Lipinski definition) is 2. The number of anilines is 1. The van der Waals surface area contributed by atoms with Crippen LogP contribution in [0.25, 0.3) is 0 Å². The number of nitrogens with one attached hydrogen (secondary N) is 2. The van der Waals surface area contributed by atoms with Gasteiger partial charge >= 0.3 is 5.76 Å². The Hall–Kier alpha value is -2.04. The van der Waals surface area contributed by atoms with Crippen molar-refractivity contribution in [3.8, 4) is 0 Å². The van der Waals surface area contributed by atoms with E-state index in [9.17, 15) is 25.6 Å². The van der Waals surface area contributed by atoms with Gasteiger partial charge in [-0.05, 0) is 43.3 Å². The van der Waals surface area contributed by atoms with Crippen LogP contribution < -0.4 is 10.0 Å². The molecule has 0 bridgehead atoms. The van der Waals surface area contributed by atoms with Gasteiger partial charge in [-0.2, -0.15) is 8.78 Å². The van der Waals surface area contributed by atoms with Crippen LogP contribution in [0.1, 0.15) is 5.56 Å². The van der Waals surface area contributed by atoms with Gasteiger partial charge < -0.3 is 5.32 Å². The molecule has 0 saturated heterocycles. The highest BCUT2D eigenvalue weighted by atomic mass is 32.2. The van der Waals surface area contributed by atoms with E-state index in [1.807, 2.05) is 6.92 Å². The molecule has 6 nitrogen and oxygen atoms in total. The van der Waals surface area contributed by atoms with Gasteiger partial charge in [0.1, 0.15) is 0 Å². The summed E-state index contributed by atoms with van der Waals surface area (Å²) < 4.78 is 74.2. The van der Waals surface area contributed by atoms with Gasteiger partial charge in [0.05, 0.1) is 9.79 Å². The van der Waals surface area contributed by atoms with Gasteiger partial charge in [0, 0.05) is 18.8 Å². The van der Waals surface area contributed by atoms with Gasteiger partial charge in [-0.25, -0.2) is 21.6 Å². The molecule has 0 atom stereocenters. The molecule has 0 aromatic heterocycles. The Morgan fingerprint density at radius 1 is 0.846 bits per heavy atom. The first kappa shape index (κ1) is 20.3. The lowest BCUT2D eigenvalue weighted by Crippen LogP contribution is -2.28. The Bertz CT molecular complexity index is 943. The van der Waals surface area contributed by atoms with Gasteiger partial charge in [-0.3, -0.25) is 0 Å². The number of benzene rings is 2. The quantitative estimate of drug-likeness (QED) is 0.659. The Balaban J connectivity index is 1.89. The molecule has 2 aromatic rings. The summed E-state index contributed by atoms with van der Waals surface area (Å²) in [7, 11) is -8.24. The number of hydrogen-bond acceptors (Lipinski definition) is 5.